The monoisotopic (exact) mass is 365 g/mol. The summed E-state index contributed by atoms with van der Waals surface area (Å²) in [5.74, 6) is 0.786. The summed E-state index contributed by atoms with van der Waals surface area (Å²) < 4.78 is 5.85. The topological polar surface area (TPSA) is 12.5 Å². The molecule has 2 heteroatoms. The Balaban J connectivity index is 1.70. The number of hydrogen-bond acceptors (Lipinski definition) is 2. The summed E-state index contributed by atoms with van der Waals surface area (Å²) in [7, 11) is 2.21. The molecular formula is C24H47NO. The molecule has 0 N–H and O–H groups in total. The second-order valence-electron chi connectivity index (χ2n) is 8.43. The number of likely N-dealkylation sites (tertiary alicyclic amines) is 1. The lowest BCUT2D eigenvalue weighted by Gasteiger charge is -2.10. The Kier molecular flexibility index (Phi) is 16.4. The van der Waals surface area contributed by atoms with Crippen LogP contribution in [0.3, 0.4) is 0 Å². The van der Waals surface area contributed by atoms with Crippen LogP contribution >= 0.6 is 0 Å². The second kappa shape index (κ2) is 18.0. The van der Waals surface area contributed by atoms with Crippen molar-refractivity contribution in [2.24, 2.45) is 5.92 Å². The zero-order valence-corrected chi connectivity index (χ0v) is 18.0. The third-order valence-corrected chi connectivity index (χ3v) is 5.64. The molecule has 0 amide bonds. The predicted octanol–water partition coefficient (Wildman–Crippen LogP) is 6.99. The summed E-state index contributed by atoms with van der Waals surface area (Å²) in [6.45, 7) is 6.72. The van der Waals surface area contributed by atoms with Crippen LogP contribution in [-0.2, 0) is 4.74 Å². The zero-order valence-electron chi connectivity index (χ0n) is 18.0. The Morgan fingerprint density at radius 1 is 0.808 bits per heavy atom. The normalized spacial score (nSPS) is 18.3. The van der Waals surface area contributed by atoms with Gasteiger partial charge in [-0.2, -0.15) is 0 Å². The van der Waals surface area contributed by atoms with Crippen LogP contribution in [0.5, 0.6) is 0 Å². The molecule has 0 radical (unpaired) electrons. The minimum absolute atomic E-state index is 0.786. The van der Waals surface area contributed by atoms with Crippen LogP contribution in [0, 0.1) is 5.92 Å². The third kappa shape index (κ3) is 14.8. The molecule has 1 rings (SSSR count). The maximum absolute atomic E-state index is 5.85. The van der Waals surface area contributed by atoms with Gasteiger partial charge < -0.3 is 9.64 Å². The van der Waals surface area contributed by atoms with Gasteiger partial charge in [0, 0.05) is 13.2 Å². The highest BCUT2D eigenvalue weighted by Gasteiger charge is 2.18. The van der Waals surface area contributed by atoms with Crippen LogP contribution in [0.4, 0.5) is 0 Å². The molecule has 1 fully saturated rings. The smallest absolute Gasteiger partial charge is 0.0506 e. The van der Waals surface area contributed by atoms with Crippen LogP contribution in [-0.4, -0.2) is 38.3 Å². The second-order valence-corrected chi connectivity index (χ2v) is 8.43. The lowest BCUT2D eigenvalue weighted by atomic mass is 10.1. The summed E-state index contributed by atoms with van der Waals surface area (Å²) in [4.78, 5) is 2.41. The molecule has 0 bridgehead atoms. The van der Waals surface area contributed by atoms with Crippen molar-refractivity contribution in [3.8, 4) is 0 Å². The van der Waals surface area contributed by atoms with Gasteiger partial charge in [0.05, 0.1) is 6.61 Å². The molecule has 0 saturated carbocycles. The van der Waals surface area contributed by atoms with Crippen LogP contribution in [0.1, 0.15) is 103 Å². The summed E-state index contributed by atoms with van der Waals surface area (Å²) in [6.07, 6.45) is 25.3. The molecule has 0 aliphatic carbocycles. The molecule has 0 spiro atoms. The fraction of sp³-hybridized carbons (Fsp3) is 0.917. The van der Waals surface area contributed by atoms with Crippen molar-refractivity contribution >= 4 is 0 Å². The van der Waals surface area contributed by atoms with Gasteiger partial charge in [0.1, 0.15) is 0 Å². The Morgan fingerprint density at radius 2 is 1.38 bits per heavy atom. The van der Waals surface area contributed by atoms with Crippen LogP contribution < -0.4 is 0 Å². The van der Waals surface area contributed by atoms with E-state index in [0.29, 0.717) is 0 Å². The van der Waals surface area contributed by atoms with E-state index in [9.17, 15) is 0 Å². The van der Waals surface area contributed by atoms with Crippen molar-refractivity contribution in [2.75, 3.05) is 33.4 Å². The summed E-state index contributed by atoms with van der Waals surface area (Å²) in [5, 5.41) is 0. The van der Waals surface area contributed by atoms with Crippen molar-refractivity contribution in [3.05, 3.63) is 12.2 Å². The summed E-state index contributed by atoms with van der Waals surface area (Å²) in [5.41, 5.74) is 0. The minimum Gasteiger partial charge on any atom is -0.381 e. The molecule has 0 aromatic heterocycles. The Hall–Kier alpha value is -0.340. The number of allylic oxidation sites excluding steroid dienone is 2. The number of unbranched alkanes of at least 4 members (excludes halogenated alkanes) is 12. The van der Waals surface area contributed by atoms with E-state index in [2.05, 4.69) is 31.0 Å². The van der Waals surface area contributed by atoms with Crippen LogP contribution in [0.25, 0.3) is 0 Å². The maximum Gasteiger partial charge on any atom is 0.0506 e. The van der Waals surface area contributed by atoms with Gasteiger partial charge in [-0.25, -0.2) is 0 Å². The van der Waals surface area contributed by atoms with Crippen molar-refractivity contribution in [2.45, 2.75) is 103 Å². The van der Waals surface area contributed by atoms with Gasteiger partial charge in [0.2, 0.25) is 0 Å². The Bertz CT molecular complexity index is 315. The zero-order chi connectivity index (χ0) is 18.7. The lowest BCUT2D eigenvalue weighted by molar-refractivity contribution is 0.0986. The van der Waals surface area contributed by atoms with E-state index >= 15 is 0 Å². The van der Waals surface area contributed by atoms with Gasteiger partial charge in [-0.3, -0.25) is 0 Å². The molecule has 26 heavy (non-hydrogen) atoms. The van der Waals surface area contributed by atoms with Crippen molar-refractivity contribution in [1.82, 2.24) is 4.90 Å². The molecule has 1 heterocycles. The maximum atomic E-state index is 5.85. The Labute approximate surface area is 164 Å². The van der Waals surface area contributed by atoms with Crippen molar-refractivity contribution < 1.29 is 4.74 Å². The molecule has 1 unspecified atom stereocenters. The van der Waals surface area contributed by atoms with E-state index in [-0.39, 0.29) is 0 Å². The first kappa shape index (κ1) is 23.7. The molecule has 1 aliphatic rings. The SMILES string of the molecule is CCCCCCCC/C=C\CCCCCCCCOCC1CCN(C)C1. The van der Waals surface area contributed by atoms with E-state index in [1.54, 1.807) is 0 Å². The van der Waals surface area contributed by atoms with Gasteiger partial charge in [0.25, 0.3) is 0 Å². The van der Waals surface area contributed by atoms with Crippen molar-refractivity contribution in [3.63, 3.8) is 0 Å². The average molecular weight is 366 g/mol. The fourth-order valence-corrected chi connectivity index (χ4v) is 3.86. The van der Waals surface area contributed by atoms with Gasteiger partial charge >= 0.3 is 0 Å². The molecule has 1 aliphatic heterocycles. The van der Waals surface area contributed by atoms with Gasteiger partial charge in [-0.05, 0) is 58.0 Å². The van der Waals surface area contributed by atoms with Gasteiger partial charge in [-0.1, -0.05) is 76.9 Å². The first-order valence-corrected chi connectivity index (χ1v) is 11.7. The number of nitrogens with zero attached hydrogens (tertiary/aromatic N) is 1. The molecule has 2 nitrogen and oxygen atoms in total. The van der Waals surface area contributed by atoms with Gasteiger partial charge in [0.15, 0.2) is 0 Å². The number of hydrogen-bond donors (Lipinski definition) is 0. The molecule has 0 aromatic carbocycles. The van der Waals surface area contributed by atoms with E-state index in [4.69, 9.17) is 4.74 Å². The van der Waals surface area contributed by atoms with E-state index < -0.39 is 0 Å². The molecule has 154 valence electrons. The standard InChI is InChI=1S/C24H47NO/c1-3-4-5-6-7-8-9-10-11-12-13-14-15-16-17-18-21-26-23-24-19-20-25(2)22-24/h10-11,24H,3-9,12-23H2,1-2H3/b11-10-. The first-order chi connectivity index (χ1) is 12.8. The molecular weight excluding hydrogens is 318 g/mol. The van der Waals surface area contributed by atoms with Gasteiger partial charge in [-0.15, -0.1) is 0 Å². The first-order valence-electron chi connectivity index (χ1n) is 11.7. The highest BCUT2D eigenvalue weighted by molar-refractivity contribution is 4.81. The van der Waals surface area contributed by atoms with Crippen LogP contribution in [0.2, 0.25) is 0 Å². The van der Waals surface area contributed by atoms with E-state index in [1.807, 2.05) is 0 Å². The Morgan fingerprint density at radius 3 is 1.96 bits per heavy atom. The fourth-order valence-electron chi connectivity index (χ4n) is 3.86. The summed E-state index contributed by atoms with van der Waals surface area (Å²) in [6, 6.07) is 0. The number of rotatable bonds is 18. The van der Waals surface area contributed by atoms with E-state index in [0.717, 1.165) is 19.1 Å². The largest absolute Gasteiger partial charge is 0.381 e. The quantitative estimate of drug-likeness (QED) is 0.192. The third-order valence-electron chi connectivity index (χ3n) is 5.64. The minimum atomic E-state index is 0.786. The molecule has 0 aromatic rings. The van der Waals surface area contributed by atoms with Crippen LogP contribution in [0.15, 0.2) is 12.2 Å². The lowest BCUT2D eigenvalue weighted by Crippen LogP contribution is -2.17. The molecule has 1 atom stereocenters. The highest BCUT2D eigenvalue weighted by atomic mass is 16.5. The van der Waals surface area contributed by atoms with E-state index in [1.165, 1.54) is 109 Å². The average Bonchev–Trinajstić information content (AvgIpc) is 3.06. The molecule has 1 saturated heterocycles. The predicted molar refractivity (Wildman–Crippen MR) is 116 cm³/mol. The van der Waals surface area contributed by atoms with Crippen molar-refractivity contribution in [1.29, 1.82) is 0 Å². The summed E-state index contributed by atoms with van der Waals surface area (Å²) >= 11 is 0. The highest BCUT2D eigenvalue weighted by Crippen LogP contribution is 2.15. The number of ether oxygens (including phenoxy) is 1.